The van der Waals surface area contributed by atoms with Gasteiger partial charge in [0, 0.05) is 20.4 Å². The molecule has 1 rings (SSSR count). The summed E-state index contributed by atoms with van der Waals surface area (Å²) in [7, 11) is -4.20. The summed E-state index contributed by atoms with van der Waals surface area (Å²) in [4.78, 5) is -0.0316. The average Bonchev–Trinajstić information content (AvgIpc) is 2.16. The molecule has 0 aliphatic carbocycles. The largest absolute Gasteiger partial charge is 0.242 e. The van der Waals surface area contributed by atoms with E-state index in [4.69, 9.17) is 0 Å². The van der Waals surface area contributed by atoms with E-state index in [0.717, 1.165) is 16.6 Å². The number of hydrogen-bond acceptors (Lipinski definition) is 4. The van der Waals surface area contributed by atoms with Crippen molar-refractivity contribution in [1.29, 1.82) is 0 Å². The second-order valence-electron chi connectivity index (χ2n) is 3.53. The van der Waals surface area contributed by atoms with Crippen LogP contribution < -0.4 is 0 Å². The van der Waals surface area contributed by atoms with Crippen molar-refractivity contribution in [3.63, 3.8) is 0 Å². The van der Waals surface area contributed by atoms with Crippen molar-refractivity contribution in [3.8, 4) is 0 Å². The highest BCUT2D eigenvalue weighted by atomic mass is 32.2. The molecule has 0 atom stereocenters. The van der Waals surface area contributed by atoms with E-state index in [0.29, 0.717) is 0 Å². The van der Waals surface area contributed by atoms with E-state index in [1.165, 1.54) is 32.3 Å². The molecule has 0 N–H and O–H groups in total. The summed E-state index contributed by atoms with van der Waals surface area (Å²) < 4.78 is 47.1. The molecule has 7 heteroatoms. The first-order chi connectivity index (χ1) is 7.15. The van der Waals surface area contributed by atoms with Gasteiger partial charge in [-0.05, 0) is 18.2 Å². The van der Waals surface area contributed by atoms with Gasteiger partial charge >= 0.3 is 0 Å². The van der Waals surface area contributed by atoms with Gasteiger partial charge in [0.2, 0.25) is 10.0 Å². The van der Waals surface area contributed by atoms with Crippen LogP contribution in [0.4, 0.5) is 0 Å². The lowest BCUT2D eigenvalue weighted by Gasteiger charge is -2.11. The van der Waals surface area contributed by atoms with Gasteiger partial charge in [-0.2, -0.15) is 0 Å². The van der Waals surface area contributed by atoms with Gasteiger partial charge in [-0.1, -0.05) is 6.07 Å². The van der Waals surface area contributed by atoms with Crippen molar-refractivity contribution in [2.75, 3.05) is 20.4 Å². The average molecular weight is 263 g/mol. The lowest BCUT2D eigenvalue weighted by molar-refractivity contribution is 0.520. The van der Waals surface area contributed by atoms with Gasteiger partial charge in [0.15, 0.2) is 9.84 Å². The normalized spacial score (nSPS) is 13.0. The quantitative estimate of drug-likeness (QED) is 0.788. The number of nitrogens with zero attached hydrogens (tertiary/aromatic N) is 1. The van der Waals surface area contributed by atoms with Crippen LogP contribution >= 0.6 is 0 Å². The van der Waals surface area contributed by atoms with E-state index in [2.05, 4.69) is 0 Å². The van der Waals surface area contributed by atoms with Gasteiger partial charge in [0.1, 0.15) is 0 Å². The maximum atomic E-state index is 11.7. The molecule has 0 saturated heterocycles. The third-order valence-electron chi connectivity index (χ3n) is 2.01. The molecule has 0 fully saturated rings. The maximum Gasteiger partial charge on any atom is 0.242 e. The molecule has 5 nitrogen and oxygen atoms in total. The summed E-state index contributed by atoms with van der Waals surface area (Å²) in [6.45, 7) is 0. The molecule has 1 aromatic rings. The zero-order valence-corrected chi connectivity index (χ0v) is 10.8. The van der Waals surface area contributed by atoms with Gasteiger partial charge in [-0.15, -0.1) is 0 Å². The smallest absolute Gasteiger partial charge is 0.224 e. The molecule has 0 spiro atoms. The molecule has 0 radical (unpaired) electrons. The van der Waals surface area contributed by atoms with Crippen LogP contribution in [-0.4, -0.2) is 41.5 Å². The van der Waals surface area contributed by atoms with Crippen LogP contribution in [0.5, 0.6) is 0 Å². The fraction of sp³-hybridized carbons (Fsp3) is 0.333. The van der Waals surface area contributed by atoms with E-state index in [1.54, 1.807) is 0 Å². The third-order valence-corrected chi connectivity index (χ3v) is 4.93. The fourth-order valence-corrected chi connectivity index (χ4v) is 2.77. The monoisotopic (exact) mass is 263 g/mol. The van der Waals surface area contributed by atoms with Crippen LogP contribution in [0.2, 0.25) is 0 Å². The first-order valence-electron chi connectivity index (χ1n) is 4.38. The minimum atomic E-state index is -3.59. The molecule has 0 aromatic heterocycles. The third kappa shape index (κ3) is 2.60. The van der Waals surface area contributed by atoms with Crippen molar-refractivity contribution in [1.82, 2.24) is 4.31 Å². The Balaban J connectivity index is 3.41. The zero-order chi connectivity index (χ0) is 12.6. The van der Waals surface area contributed by atoms with Gasteiger partial charge < -0.3 is 0 Å². The number of hydrogen-bond donors (Lipinski definition) is 0. The Kier molecular flexibility index (Phi) is 3.41. The molecular formula is C9H13NO4S2. The van der Waals surface area contributed by atoms with Crippen LogP contribution in [0.15, 0.2) is 34.1 Å². The highest BCUT2D eigenvalue weighted by Crippen LogP contribution is 2.17. The maximum absolute atomic E-state index is 11.7. The number of sulfonamides is 1. The second-order valence-corrected chi connectivity index (χ2v) is 7.70. The Bertz CT molecular complexity index is 588. The molecule has 90 valence electrons. The van der Waals surface area contributed by atoms with Crippen LogP contribution in [0, 0.1) is 0 Å². The minimum absolute atomic E-state index is 0.00424. The van der Waals surface area contributed by atoms with Crippen molar-refractivity contribution in [3.05, 3.63) is 24.3 Å². The molecule has 0 bridgehead atoms. The van der Waals surface area contributed by atoms with Crippen LogP contribution in [0.25, 0.3) is 0 Å². The van der Waals surface area contributed by atoms with E-state index in [-0.39, 0.29) is 9.79 Å². The van der Waals surface area contributed by atoms with Crippen molar-refractivity contribution < 1.29 is 16.8 Å². The van der Waals surface area contributed by atoms with Crippen LogP contribution in [-0.2, 0) is 19.9 Å². The van der Waals surface area contributed by atoms with E-state index in [9.17, 15) is 16.8 Å². The minimum Gasteiger partial charge on any atom is -0.224 e. The Hall–Kier alpha value is -0.920. The lowest BCUT2D eigenvalue weighted by Crippen LogP contribution is -2.22. The highest BCUT2D eigenvalue weighted by molar-refractivity contribution is 7.91. The highest BCUT2D eigenvalue weighted by Gasteiger charge is 2.19. The summed E-state index contributed by atoms with van der Waals surface area (Å²) >= 11 is 0. The first-order valence-corrected chi connectivity index (χ1v) is 7.71. The second kappa shape index (κ2) is 4.15. The van der Waals surface area contributed by atoms with Gasteiger partial charge in [-0.25, -0.2) is 21.1 Å². The molecule has 0 amide bonds. The Morgan fingerprint density at radius 1 is 1.00 bits per heavy atom. The van der Waals surface area contributed by atoms with Crippen LogP contribution in [0.1, 0.15) is 0 Å². The molecule has 16 heavy (non-hydrogen) atoms. The predicted molar refractivity (Wildman–Crippen MR) is 60.4 cm³/mol. The summed E-state index contributed by atoms with van der Waals surface area (Å²) in [6.07, 6.45) is 1.04. The topological polar surface area (TPSA) is 71.5 Å². The molecule has 0 aliphatic heterocycles. The zero-order valence-electron chi connectivity index (χ0n) is 9.21. The summed E-state index contributed by atoms with van der Waals surface area (Å²) in [5.74, 6) is 0. The van der Waals surface area contributed by atoms with Crippen molar-refractivity contribution in [2.45, 2.75) is 9.79 Å². The SMILES string of the molecule is CN(C)S(=O)(=O)c1cccc(S(C)(=O)=O)c1. The molecule has 0 unspecified atom stereocenters. The Morgan fingerprint density at radius 2 is 1.50 bits per heavy atom. The number of benzene rings is 1. The van der Waals surface area contributed by atoms with Crippen LogP contribution in [0.3, 0.4) is 0 Å². The first kappa shape index (κ1) is 13.1. The number of rotatable bonds is 3. The van der Waals surface area contributed by atoms with Gasteiger partial charge in [0.05, 0.1) is 9.79 Å². The van der Waals surface area contributed by atoms with Crippen molar-refractivity contribution in [2.24, 2.45) is 0 Å². The summed E-state index contributed by atoms with van der Waals surface area (Å²) in [5, 5.41) is 0. The standard InChI is InChI=1S/C9H13NO4S2/c1-10(2)16(13,14)9-6-4-5-8(7-9)15(3,11)12/h4-7H,1-3H3. The Morgan fingerprint density at radius 3 is 1.94 bits per heavy atom. The predicted octanol–water partition coefficient (Wildman–Crippen LogP) is 0.340. The van der Waals surface area contributed by atoms with E-state index in [1.807, 2.05) is 0 Å². The number of sulfone groups is 1. The molecule has 0 aliphatic rings. The molecular weight excluding hydrogens is 250 g/mol. The lowest BCUT2D eigenvalue weighted by atomic mass is 10.4. The van der Waals surface area contributed by atoms with Gasteiger partial charge in [-0.3, -0.25) is 0 Å². The summed E-state index contributed by atoms with van der Waals surface area (Å²) in [6, 6.07) is 5.30. The van der Waals surface area contributed by atoms with Gasteiger partial charge in [0.25, 0.3) is 0 Å². The molecule has 1 aromatic carbocycles. The Labute approximate surface area is 95.7 Å². The molecule has 0 heterocycles. The van der Waals surface area contributed by atoms with Crippen molar-refractivity contribution >= 4 is 19.9 Å². The molecule has 0 saturated carbocycles. The van der Waals surface area contributed by atoms with E-state index >= 15 is 0 Å². The van der Waals surface area contributed by atoms with E-state index < -0.39 is 19.9 Å². The summed E-state index contributed by atoms with van der Waals surface area (Å²) in [5.41, 5.74) is 0. The fourth-order valence-electron chi connectivity index (χ4n) is 1.08.